The van der Waals surface area contributed by atoms with E-state index in [0.717, 1.165) is 87.3 Å². The Kier molecular flexibility index (Phi) is 14.9. The van der Waals surface area contributed by atoms with Crippen molar-refractivity contribution >= 4 is 34.9 Å². The number of carbonyl (C=O) groups excluding carboxylic acids is 3. The Hall–Kier alpha value is -4.56. The van der Waals surface area contributed by atoms with E-state index in [1.165, 1.54) is 32.1 Å². The third-order valence-corrected chi connectivity index (χ3v) is 11.2. The monoisotopic (exact) mass is 772 g/mol. The quantitative estimate of drug-likeness (QED) is 0.0481. The first-order valence-corrected chi connectivity index (χ1v) is 21.0. The van der Waals surface area contributed by atoms with Gasteiger partial charge in [-0.2, -0.15) is 10.2 Å². The van der Waals surface area contributed by atoms with Crippen molar-refractivity contribution in [2.24, 2.45) is 0 Å². The number of rotatable bonds is 21. The Balaban J connectivity index is 0.778. The molecule has 55 heavy (non-hydrogen) atoms. The predicted molar refractivity (Wildman–Crippen MR) is 213 cm³/mol. The van der Waals surface area contributed by atoms with Gasteiger partial charge in [-0.15, -0.1) is 11.3 Å². The number of ketones is 1. The Labute approximate surface area is 327 Å². The number of H-pyrrole nitrogens is 1. The van der Waals surface area contributed by atoms with Crippen LogP contribution in [0.4, 0.5) is 10.6 Å². The SMILES string of the molecule is CC(C)NC(=O)O[C@@H]1CC[C@H](c2cc(NC(=O)c3cnn(CCCCCCCCCCCOc4cccc(C(=O)c5csc([C@@H]6CCCN6)n5)c4)c3)n[nH]2)C1. The summed E-state index contributed by atoms with van der Waals surface area (Å²) >= 11 is 1.56. The molecule has 0 unspecified atom stereocenters. The number of aromatic amines is 1. The fourth-order valence-corrected chi connectivity index (χ4v) is 8.19. The number of hydrogen-bond acceptors (Lipinski definition) is 10. The van der Waals surface area contributed by atoms with E-state index < -0.39 is 0 Å². The summed E-state index contributed by atoms with van der Waals surface area (Å²) in [7, 11) is 0. The average Bonchev–Trinajstić information content (AvgIpc) is 4.02. The van der Waals surface area contributed by atoms with Crippen molar-refractivity contribution in [2.75, 3.05) is 18.5 Å². The first-order valence-electron chi connectivity index (χ1n) is 20.1. The minimum absolute atomic E-state index is 0.0350. The number of aromatic nitrogens is 5. The van der Waals surface area contributed by atoms with Gasteiger partial charge in [0, 0.05) is 47.4 Å². The Bertz CT molecular complexity index is 1830. The van der Waals surface area contributed by atoms with Crippen molar-refractivity contribution in [3.63, 3.8) is 0 Å². The summed E-state index contributed by atoms with van der Waals surface area (Å²) in [4.78, 5) is 42.4. The molecule has 4 N–H and O–H groups in total. The number of anilines is 1. The molecule has 2 amide bonds. The number of aryl methyl sites for hydroxylation is 1. The van der Waals surface area contributed by atoms with Gasteiger partial charge < -0.3 is 25.4 Å². The molecule has 296 valence electrons. The van der Waals surface area contributed by atoms with E-state index in [2.05, 4.69) is 36.2 Å². The van der Waals surface area contributed by atoms with E-state index in [1.807, 2.05) is 54.2 Å². The Morgan fingerprint density at radius 2 is 1.78 bits per heavy atom. The summed E-state index contributed by atoms with van der Waals surface area (Å²) in [6, 6.07) is 9.62. The van der Waals surface area contributed by atoms with Crippen LogP contribution in [0.2, 0.25) is 0 Å². The number of nitrogens with zero attached hydrogens (tertiary/aromatic N) is 4. The van der Waals surface area contributed by atoms with Gasteiger partial charge in [0.15, 0.2) is 5.82 Å². The van der Waals surface area contributed by atoms with Crippen molar-refractivity contribution in [2.45, 2.75) is 134 Å². The van der Waals surface area contributed by atoms with Crippen LogP contribution in [0.1, 0.15) is 153 Å². The van der Waals surface area contributed by atoms with Crippen LogP contribution in [0.3, 0.4) is 0 Å². The highest BCUT2D eigenvalue weighted by atomic mass is 32.1. The zero-order chi connectivity index (χ0) is 38.4. The van der Waals surface area contributed by atoms with Crippen molar-refractivity contribution in [1.82, 2.24) is 35.6 Å². The first-order chi connectivity index (χ1) is 26.8. The van der Waals surface area contributed by atoms with Gasteiger partial charge in [0.25, 0.3) is 5.91 Å². The molecule has 4 aromatic rings. The maximum absolute atomic E-state index is 13.0. The van der Waals surface area contributed by atoms with Crippen molar-refractivity contribution in [3.05, 3.63) is 75.6 Å². The molecular formula is C41H56N8O5S. The summed E-state index contributed by atoms with van der Waals surface area (Å²) in [6.45, 7) is 6.23. The minimum Gasteiger partial charge on any atom is -0.494 e. The number of unbranched alkanes of at least 4 members (excludes halogenated alkanes) is 8. The highest BCUT2D eigenvalue weighted by Crippen LogP contribution is 2.36. The van der Waals surface area contributed by atoms with Crippen molar-refractivity contribution < 1.29 is 23.9 Å². The molecular weight excluding hydrogens is 717 g/mol. The lowest BCUT2D eigenvalue weighted by molar-refractivity contribution is 0.0978. The summed E-state index contributed by atoms with van der Waals surface area (Å²) in [6.07, 6.45) is 17.8. The first kappa shape index (κ1) is 40.1. The van der Waals surface area contributed by atoms with Gasteiger partial charge >= 0.3 is 6.09 Å². The maximum atomic E-state index is 13.0. The van der Waals surface area contributed by atoms with Crippen LogP contribution in [-0.4, -0.2) is 68.0 Å². The lowest BCUT2D eigenvalue weighted by Crippen LogP contribution is -2.33. The van der Waals surface area contributed by atoms with Crippen LogP contribution in [0.25, 0.3) is 0 Å². The van der Waals surface area contributed by atoms with Crippen LogP contribution >= 0.6 is 11.3 Å². The van der Waals surface area contributed by atoms with Crippen molar-refractivity contribution in [1.29, 1.82) is 0 Å². The van der Waals surface area contributed by atoms with Gasteiger partial charge in [-0.05, 0) is 77.5 Å². The van der Waals surface area contributed by atoms with E-state index in [4.69, 9.17) is 9.47 Å². The van der Waals surface area contributed by atoms with Gasteiger partial charge in [0.05, 0.1) is 24.4 Å². The summed E-state index contributed by atoms with van der Waals surface area (Å²) in [5.74, 6) is 1.10. The molecule has 1 aromatic carbocycles. The van der Waals surface area contributed by atoms with Gasteiger partial charge in [-0.25, -0.2) is 9.78 Å². The van der Waals surface area contributed by atoms with Crippen LogP contribution in [-0.2, 0) is 11.3 Å². The highest BCUT2D eigenvalue weighted by molar-refractivity contribution is 7.10. The molecule has 1 aliphatic carbocycles. The number of thiazole rings is 1. The lowest BCUT2D eigenvalue weighted by atomic mass is 10.0. The molecule has 2 aliphatic rings. The average molecular weight is 773 g/mol. The highest BCUT2D eigenvalue weighted by Gasteiger charge is 2.30. The molecule has 6 rings (SSSR count). The molecule has 14 heteroatoms. The number of nitrogens with one attached hydrogen (secondary N) is 4. The molecule has 4 heterocycles. The molecule has 1 saturated heterocycles. The van der Waals surface area contributed by atoms with Crippen LogP contribution in [0.5, 0.6) is 5.75 Å². The summed E-state index contributed by atoms with van der Waals surface area (Å²) < 4.78 is 13.4. The number of amides is 2. The van der Waals surface area contributed by atoms with Crippen molar-refractivity contribution in [3.8, 4) is 5.75 Å². The maximum Gasteiger partial charge on any atom is 0.407 e. The van der Waals surface area contributed by atoms with E-state index in [9.17, 15) is 14.4 Å². The third kappa shape index (κ3) is 12.2. The molecule has 3 atom stereocenters. The normalized spacial score (nSPS) is 18.1. The fourth-order valence-electron chi connectivity index (χ4n) is 7.28. The second kappa shape index (κ2) is 20.4. The van der Waals surface area contributed by atoms with Gasteiger partial charge in [0.1, 0.15) is 22.6 Å². The second-order valence-corrected chi connectivity index (χ2v) is 16.0. The van der Waals surface area contributed by atoms with E-state index in [1.54, 1.807) is 23.7 Å². The van der Waals surface area contributed by atoms with Crippen LogP contribution in [0.15, 0.2) is 48.1 Å². The lowest BCUT2D eigenvalue weighted by Gasteiger charge is -2.14. The second-order valence-electron chi connectivity index (χ2n) is 15.1. The topological polar surface area (TPSA) is 165 Å². The van der Waals surface area contributed by atoms with Gasteiger partial charge in [0.2, 0.25) is 5.78 Å². The number of benzene rings is 1. The molecule has 3 aromatic heterocycles. The van der Waals surface area contributed by atoms with E-state index in [-0.39, 0.29) is 41.9 Å². The Morgan fingerprint density at radius 1 is 0.982 bits per heavy atom. The molecule has 0 bridgehead atoms. The van der Waals surface area contributed by atoms with E-state index >= 15 is 0 Å². The molecule has 1 saturated carbocycles. The predicted octanol–water partition coefficient (Wildman–Crippen LogP) is 8.33. The Morgan fingerprint density at radius 3 is 2.56 bits per heavy atom. The smallest absolute Gasteiger partial charge is 0.407 e. The zero-order valence-electron chi connectivity index (χ0n) is 32.2. The van der Waals surface area contributed by atoms with E-state index in [0.29, 0.717) is 29.2 Å². The van der Waals surface area contributed by atoms with Crippen LogP contribution in [0, 0.1) is 0 Å². The summed E-state index contributed by atoms with van der Waals surface area (Å²) in [5, 5.41) is 23.7. The molecule has 2 fully saturated rings. The third-order valence-electron chi connectivity index (χ3n) is 10.2. The molecule has 1 aliphatic heterocycles. The van der Waals surface area contributed by atoms with Gasteiger partial charge in [-0.1, -0.05) is 57.1 Å². The molecule has 13 nitrogen and oxygen atoms in total. The van der Waals surface area contributed by atoms with Gasteiger partial charge in [-0.3, -0.25) is 19.4 Å². The zero-order valence-corrected chi connectivity index (χ0v) is 33.0. The number of ether oxygens (including phenoxy) is 2. The van der Waals surface area contributed by atoms with Crippen LogP contribution < -0.4 is 20.7 Å². The number of hydrogen-bond donors (Lipinski definition) is 4. The summed E-state index contributed by atoms with van der Waals surface area (Å²) in [5.41, 5.74) is 2.56. The number of alkyl carbamates (subject to hydrolysis) is 1. The largest absolute Gasteiger partial charge is 0.494 e. The minimum atomic E-state index is -0.381. The fraction of sp³-hybridized carbons (Fsp3) is 0.561. The molecule has 0 spiro atoms. The number of carbonyl (C=O) groups is 3. The standard InChI is InChI=1S/C41H56N8O5S/c1-28(2)44-41(52)54-33-18-17-29(22-33)35-24-37(48-47-35)46-39(51)31-25-43-49(26-31)20-10-8-6-4-3-5-7-9-11-21-53-32-15-12-14-30(23-32)38(50)36-27-55-40(45-36)34-16-13-19-42-34/h12,14-15,23-29,33-34,42H,3-11,13,16-22H2,1-2H3,(H,44,52)(H2,46,47,48,51)/t29-,33+,34-/m0/s1. The molecule has 0 radical (unpaired) electrons.